The number of furan rings is 1. The minimum atomic E-state index is -0.341. The van der Waals surface area contributed by atoms with Crippen molar-refractivity contribution in [2.75, 3.05) is 0 Å². The van der Waals surface area contributed by atoms with Crippen molar-refractivity contribution in [3.05, 3.63) is 59.3 Å². The fraction of sp³-hybridized carbons (Fsp3) is 0.0769. The monoisotopic (exact) mass is 274 g/mol. The van der Waals surface area contributed by atoms with Crippen molar-refractivity contribution >= 4 is 22.6 Å². The van der Waals surface area contributed by atoms with Gasteiger partial charge in [-0.3, -0.25) is 5.84 Å². The van der Waals surface area contributed by atoms with Crippen LogP contribution in [0, 0.1) is 0 Å². The Morgan fingerprint density at radius 3 is 2.89 bits per heavy atom. The number of hydrazine groups is 1. The fourth-order valence-corrected chi connectivity index (χ4v) is 2.20. The summed E-state index contributed by atoms with van der Waals surface area (Å²) >= 11 is 6.09. The number of fused-ring (bicyclic) bond motifs is 1. The Labute approximate surface area is 114 Å². The number of nitrogens with two attached hydrogens (primary N) is 1. The highest BCUT2D eigenvalue weighted by atomic mass is 35.5. The van der Waals surface area contributed by atoms with Gasteiger partial charge in [0.05, 0.1) is 10.7 Å². The SMILES string of the molecule is NNC(c1ccncn1)c1cc2cccc(Cl)c2o1. The predicted molar refractivity (Wildman–Crippen MR) is 72.4 cm³/mol. The van der Waals surface area contributed by atoms with Gasteiger partial charge in [0.1, 0.15) is 18.1 Å². The summed E-state index contributed by atoms with van der Waals surface area (Å²) in [5, 5.41) is 1.50. The van der Waals surface area contributed by atoms with Crippen molar-refractivity contribution in [1.29, 1.82) is 0 Å². The van der Waals surface area contributed by atoms with Crippen LogP contribution in [-0.2, 0) is 0 Å². The maximum Gasteiger partial charge on any atom is 0.152 e. The van der Waals surface area contributed by atoms with Crippen LogP contribution in [0.15, 0.2) is 47.3 Å². The normalized spacial score (nSPS) is 12.7. The number of aromatic nitrogens is 2. The number of hydrogen-bond donors (Lipinski definition) is 2. The minimum Gasteiger partial charge on any atom is -0.457 e. The zero-order chi connectivity index (χ0) is 13.2. The van der Waals surface area contributed by atoms with E-state index >= 15 is 0 Å². The molecule has 0 aliphatic rings. The Hall–Kier alpha value is -1.95. The van der Waals surface area contributed by atoms with Crippen LogP contribution < -0.4 is 11.3 Å². The molecule has 1 unspecified atom stereocenters. The third kappa shape index (κ3) is 2.19. The zero-order valence-corrected chi connectivity index (χ0v) is 10.6. The summed E-state index contributed by atoms with van der Waals surface area (Å²) in [6.07, 6.45) is 3.12. The Morgan fingerprint density at radius 2 is 2.21 bits per heavy atom. The van der Waals surface area contributed by atoms with Crippen LogP contribution in [0.3, 0.4) is 0 Å². The second kappa shape index (κ2) is 4.97. The lowest BCUT2D eigenvalue weighted by Gasteiger charge is -2.11. The first-order valence-corrected chi connectivity index (χ1v) is 6.07. The number of nitrogens with one attached hydrogen (secondary N) is 1. The largest absolute Gasteiger partial charge is 0.457 e. The molecule has 0 saturated carbocycles. The van der Waals surface area contributed by atoms with Crippen LogP contribution in [0.25, 0.3) is 11.0 Å². The third-order valence-corrected chi connectivity index (χ3v) is 3.16. The van der Waals surface area contributed by atoms with Gasteiger partial charge in [0, 0.05) is 11.6 Å². The first-order chi connectivity index (χ1) is 9.29. The van der Waals surface area contributed by atoms with Crippen molar-refractivity contribution in [2.24, 2.45) is 5.84 Å². The lowest BCUT2D eigenvalue weighted by atomic mass is 10.1. The minimum absolute atomic E-state index is 0.341. The van der Waals surface area contributed by atoms with Crippen molar-refractivity contribution in [2.45, 2.75) is 6.04 Å². The predicted octanol–water partition coefficient (Wildman–Crippen LogP) is 2.43. The Morgan fingerprint density at radius 1 is 1.32 bits per heavy atom. The van der Waals surface area contributed by atoms with Gasteiger partial charge in [-0.15, -0.1) is 0 Å². The van der Waals surface area contributed by atoms with Crippen molar-refractivity contribution < 1.29 is 4.42 Å². The van der Waals surface area contributed by atoms with Gasteiger partial charge in [-0.2, -0.15) is 0 Å². The first-order valence-electron chi connectivity index (χ1n) is 5.69. The molecule has 6 heteroatoms. The first kappa shape index (κ1) is 12.1. The Bertz CT molecular complexity index is 698. The maximum absolute atomic E-state index is 6.09. The van der Waals surface area contributed by atoms with Crippen LogP contribution in [0.5, 0.6) is 0 Å². The molecule has 0 radical (unpaired) electrons. The van der Waals surface area contributed by atoms with Gasteiger partial charge < -0.3 is 4.42 Å². The number of para-hydroxylation sites is 1. The van der Waals surface area contributed by atoms with Crippen LogP contribution >= 0.6 is 11.6 Å². The number of rotatable bonds is 3. The van der Waals surface area contributed by atoms with Crippen LogP contribution in [0.2, 0.25) is 5.02 Å². The van der Waals surface area contributed by atoms with Crippen LogP contribution in [-0.4, -0.2) is 9.97 Å². The number of hydrogen-bond acceptors (Lipinski definition) is 5. The van der Waals surface area contributed by atoms with Crippen LogP contribution in [0.4, 0.5) is 0 Å². The van der Waals surface area contributed by atoms with E-state index < -0.39 is 0 Å². The number of halogens is 1. The molecule has 0 aliphatic heterocycles. The molecule has 0 amide bonds. The molecule has 2 aromatic heterocycles. The highest BCUT2D eigenvalue weighted by Gasteiger charge is 2.19. The number of nitrogens with zero attached hydrogens (tertiary/aromatic N) is 2. The second-order valence-electron chi connectivity index (χ2n) is 4.04. The molecule has 3 aromatic rings. The summed E-state index contributed by atoms with van der Waals surface area (Å²) in [6.45, 7) is 0. The van der Waals surface area contributed by atoms with Crippen molar-refractivity contribution in [1.82, 2.24) is 15.4 Å². The van der Waals surface area contributed by atoms with E-state index in [-0.39, 0.29) is 6.04 Å². The van der Waals surface area contributed by atoms with E-state index in [2.05, 4.69) is 15.4 Å². The maximum atomic E-state index is 6.09. The highest BCUT2D eigenvalue weighted by Crippen LogP contribution is 2.30. The van der Waals surface area contributed by atoms with Crippen molar-refractivity contribution in [3.8, 4) is 0 Å². The lowest BCUT2D eigenvalue weighted by molar-refractivity contribution is 0.471. The van der Waals surface area contributed by atoms with E-state index in [1.54, 1.807) is 18.3 Å². The van der Waals surface area contributed by atoms with Gasteiger partial charge in [-0.05, 0) is 18.2 Å². The van der Waals surface area contributed by atoms with E-state index in [0.717, 1.165) is 11.1 Å². The standard InChI is InChI=1S/C13H11ClN4O/c14-9-3-1-2-8-6-11(19-13(8)9)12(18-15)10-4-5-16-7-17-10/h1-7,12,18H,15H2. The lowest BCUT2D eigenvalue weighted by Crippen LogP contribution is -2.29. The molecular formula is C13H11ClN4O. The van der Waals surface area contributed by atoms with E-state index in [0.29, 0.717) is 16.4 Å². The zero-order valence-electron chi connectivity index (χ0n) is 9.88. The van der Waals surface area contributed by atoms with Crippen molar-refractivity contribution in [3.63, 3.8) is 0 Å². The third-order valence-electron chi connectivity index (χ3n) is 2.87. The van der Waals surface area contributed by atoms with Gasteiger partial charge in [-0.25, -0.2) is 15.4 Å². The van der Waals surface area contributed by atoms with Gasteiger partial charge in [-0.1, -0.05) is 23.7 Å². The molecule has 0 bridgehead atoms. The molecule has 3 rings (SSSR count). The summed E-state index contributed by atoms with van der Waals surface area (Å²) in [6, 6.07) is 8.92. The van der Waals surface area contributed by atoms with E-state index in [4.69, 9.17) is 21.9 Å². The molecule has 1 atom stereocenters. The topological polar surface area (TPSA) is 77.0 Å². The fourth-order valence-electron chi connectivity index (χ4n) is 1.97. The quantitative estimate of drug-likeness (QED) is 0.567. The summed E-state index contributed by atoms with van der Waals surface area (Å²) < 4.78 is 5.77. The molecule has 2 heterocycles. The molecule has 0 saturated heterocycles. The van der Waals surface area contributed by atoms with Gasteiger partial charge in [0.15, 0.2) is 5.58 Å². The molecule has 1 aromatic carbocycles. The average molecular weight is 275 g/mol. The smallest absolute Gasteiger partial charge is 0.152 e. The molecule has 0 spiro atoms. The Kier molecular flexibility index (Phi) is 3.16. The van der Waals surface area contributed by atoms with E-state index in [1.165, 1.54) is 6.33 Å². The molecular weight excluding hydrogens is 264 g/mol. The van der Waals surface area contributed by atoms with E-state index in [9.17, 15) is 0 Å². The number of benzene rings is 1. The van der Waals surface area contributed by atoms with Crippen LogP contribution in [0.1, 0.15) is 17.5 Å². The summed E-state index contributed by atoms with van der Waals surface area (Å²) in [4.78, 5) is 8.05. The van der Waals surface area contributed by atoms with Gasteiger partial charge >= 0.3 is 0 Å². The van der Waals surface area contributed by atoms with E-state index in [1.807, 2.05) is 18.2 Å². The molecule has 0 fully saturated rings. The summed E-state index contributed by atoms with van der Waals surface area (Å²) in [7, 11) is 0. The summed E-state index contributed by atoms with van der Waals surface area (Å²) in [5.41, 5.74) is 4.06. The molecule has 0 aliphatic carbocycles. The van der Waals surface area contributed by atoms with Gasteiger partial charge in [0.2, 0.25) is 0 Å². The molecule has 5 nitrogen and oxygen atoms in total. The summed E-state index contributed by atoms with van der Waals surface area (Å²) in [5.74, 6) is 6.25. The Balaban J connectivity index is 2.09. The molecule has 3 N–H and O–H groups in total. The molecule has 96 valence electrons. The second-order valence-corrected chi connectivity index (χ2v) is 4.45. The van der Waals surface area contributed by atoms with Gasteiger partial charge in [0.25, 0.3) is 0 Å². The highest BCUT2D eigenvalue weighted by molar-refractivity contribution is 6.34. The average Bonchev–Trinajstić information content (AvgIpc) is 2.86. The molecule has 19 heavy (non-hydrogen) atoms.